The van der Waals surface area contributed by atoms with Gasteiger partial charge in [-0.25, -0.2) is 0 Å². The van der Waals surface area contributed by atoms with Gasteiger partial charge in [0.15, 0.2) is 0 Å². The number of anilines is 1. The summed E-state index contributed by atoms with van der Waals surface area (Å²) in [6.45, 7) is 0. The number of carbonyl (C=O) groups is 1. The van der Waals surface area contributed by atoms with Gasteiger partial charge in [-0.15, -0.1) is 23.2 Å². The van der Waals surface area contributed by atoms with E-state index in [1.807, 2.05) is 30.3 Å². The molecule has 1 unspecified atom stereocenters. The highest BCUT2D eigenvalue weighted by atomic mass is 79.9. The normalized spacial score (nSPS) is 12.2. The second-order valence-electron chi connectivity index (χ2n) is 2.84. The number of amides is 1. The van der Waals surface area contributed by atoms with Crippen molar-refractivity contribution in [2.75, 3.05) is 16.2 Å². The molecule has 0 heterocycles. The number of carbonyl (C=O) groups excluding carboxylic acids is 1. The van der Waals surface area contributed by atoms with Crippen LogP contribution < -0.4 is 4.90 Å². The fourth-order valence-electron chi connectivity index (χ4n) is 1.10. The molecule has 0 fully saturated rings. The van der Waals surface area contributed by atoms with Crippen LogP contribution in [0.2, 0.25) is 0 Å². The predicted octanol–water partition coefficient (Wildman–Crippen LogP) is 3.22. The fraction of sp³-hybridized carbons (Fsp3) is 0.300. The molecule has 15 heavy (non-hydrogen) atoms. The van der Waals surface area contributed by atoms with Crippen LogP contribution in [0.3, 0.4) is 0 Å². The Balaban J connectivity index is 2.85. The molecule has 1 amide bonds. The highest BCUT2D eigenvalue weighted by molar-refractivity contribution is 9.09. The monoisotopic (exact) mass is 309 g/mol. The number of alkyl halides is 3. The van der Waals surface area contributed by atoms with Crippen molar-refractivity contribution < 1.29 is 4.79 Å². The summed E-state index contributed by atoms with van der Waals surface area (Å²) in [5.74, 6) is -0.199. The van der Waals surface area contributed by atoms with E-state index in [4.69, 9.17) is 23.2 Å². The van der Waals surface area contributed by atoms with Crippen molar-refractivity contribution in [2.24, 2.45) is 0 Å². The van der Waals surface area contributed by atoms with Gasteiger partial charge in [0.2, 0.25) is 5.91 Å². The molecule has 0 saturated carbocycles. The highest BCUT2D eigenvalue weighted by Gasteiger charge is 2.21. The maximum absolute atomic E-state index is 11.8. The fourth-order valence-corrected chi connectivity index (χ4v) is 1.75. The van der Waals surface area contributed by atoms with Gasteiger partial charge in [-0.3, -0.25) is 9.69 Å². The van der Waals surface area contributed by atoms with Crippen LogP contribution in [-0.4, -0.2) is 22.6 Å². The van der Waals surface area contributed by atoms with E-state index in [1.54, 1.807) is 0 Å². The van der Waals surface area contributed by atoms with Gasteiger partial charge < -0.3 is 0 Å². The summed E-state index contributed by atoms with van der Waals surface area (Å²) < 4.78 is 0. The van der Waals surface area contributed by atoms with Crippen LogP contribution >= 0.6 is 39.1 Å². The molecule has 1 rings (SSSR count). The van der Waals surface area contributed by atoms with E-state index in [-0.39, 0.29) is 11.9 Å². The molecular formula is C10H10BrCl2NO. The van der Waals surface area contributed by atoms with E-state index in [9.17, 15) is 4.79 Å². The van der Waals surface area contributed by atoms with E-state index in [0.717, 1.165) is 5.69 Å². The van der Waals surface area contributed by atoms with Gasteiger partial charge in [0, 0.05) is 11.0 Å². The SMILES string of the molecule is O=C(C(Cl)CBr)N(CCl)c1ccccc1. The third-order valence-electron chi connectivity index (χ3n) is 1.86. The molecule has 82 valence electrons. The lowest BCUT2D eigenvalue weighted by atomic mass is 10.3. The molecule has 0 spiro atoms. The summed E-state index contributed by atoms with van der Waals surface area (Å²) in [5.41, 5.74) is 0.754. The summed E-state index contributed by atoms with van der Waals surface area (Å²) in [6, 6.07) is 9.30. The molecule has 1 atom stereocenters. The van der Waals surface area contributed by atoms with Crippen LogP contribution in [0, 0.1) is 0 Å². The molecule has 1 aromatic carbocycles. The van der Waals surface area contributed by atoms with Crippen LogP contribution in [0.1, 0.15) is 0 Å². The van der Waals surface area contributed by atoms with Gasteiger partial charge in [-0.05, 0) is 12.1 Å². The van der Waals surface area contributed by atoms with E-state index < -0.39 is 5.38 Å². The molecule has 2 nitrogen and oxygen atoms in total. The number of rotatable bonds is 4. The van der Waals surface area contributed by atoms with Crippen LogP contribution in [0.15, 0.2) is 30.3 Å². The minimum Gasteiger partial charge on any atom is -0.297 e. The Kier molecular flexibility index (Phi) is 5.43. The first-order valence-corrected chi connectivity index (χ1v) is 6.42. The second-order valence-corrected chi connectivity index (χ2v) is 4.26. The lowest BCUT2D eigenvalue weighted by Gasteiger charge is -2.21. The Morgan fingerprint density at radius 3 is 2.47 bits per heavy atom. The minimum absolute atomic E-state index is 0.0963. The number of halogens is 3. The average Bonchev–Trinajstić information content (AvgIpc) is 2.30. The van der Waals surface area contributed by atoms with Crippen molar-refractivity contribution in [2.45, 2.75) is 5.38 Å². The zero-order valence-corrected chi connectivity index (χ0v) is 11.0. The molecule has 1 aromatic rings. The van der Waals surface area contributed by atoms with Gasteiger partial charge in [0.05, 0.1) is 0 Å². The molecule has 5 heteroatoms. The standard InChI is InChI=1S/C10H10BrCl2NO/c11-6-9(13)10(15)14(7-12)8-4-2-1-3-5-8/h1-5,9H,6-7H2. The van der Waals surface area contributed by atoms with E-state index in [2.05, 4.69) is 15.9 Å². The van der Waals surface area contributed by atoms with Crippen molar-refractivity contribution in [3.8, 4) is 0 Å². The maximum atomic E-state index is 11.8. The summed E-state index contributed by atoms with van der Waals surface area (Å²) in [7, 11) is 0. The van der Waals surface area contributed by atoms with Crippen molar-refractivity contribution >= 4 is 50.7 Å². The van der Waals surface area contributed by atoms with Gasteiger partial charge >= 0.3 is 0 Å². The lowest BCUT2D eigenvalue weighted by Crippen LogP contribution is -2.36. The zero-order chi connectivity index (χ0) is 11.3. The van der Waals surface area contributed by atoms with Gasteiger partial charge in [0.25, 0.3) is 0 Å². The second kappa shape index (κ2) is 6.36. The molecule has 0 radical (unpaired) electrons. The highest BCUT2D eigenvalue weighted by Crippen LogP contribution is 2.17. The predicted molar refractivity (Wildman–Crippen MR) is 68.1 cm³/mol. The lowest BCUT2D eigenvalue weighted by molar-refractivity contribution is -0.117. The van der Waals surface area contributed by atoms with E-state index in [0.29, 0.717) is 5.33 Å². The van der Waals surface area contributed by atoms with Crippen LogP contribution in [0.25, 0.3) is 0 Å². The Hall–Kier alpha value is -0.250. The van der Waals surface area contributed by atoms with Gasteiger partial charge in [-0.2, -0.15) is 0 Å². The van der Waals surface area contributed by atoms with E-state index >= 15 is 0 Å². The topological polar surface area (TPSA) is 20.3 Å². The quantitative estimate of drug-likeness (QED) is 0.617. The molecule has 0 saturated heterocycles. The van der Waals surface area contributed by atoms with Crippen LogP contribution in [-0.2, 0) is 4.79 Å². The molecule has 0 aromatic heterocycles. The first-order valence-electron chi connectivity index (χ1n) is 4.33. The molecule has 0 aliphatic carbocycles. The first-order chi connectivity index (χ1) is 7.20. The third kappa shape index (κ3) is 3.37. The Bertz CT molecular complexity index is 320. The van der Waals surface area contributed by atoms with Gasteiger partial charge in [0.1, 0.15) is 11.4 Å². The Labute approximate surface area is 107 Å². The summed E-state index contributed by atoms with van der Waals surface area (Å²) in [4.78, 5) is 13.2. The molecule has 0 aliphatic heterocycles. The molecule has 0 aliphatic rings. The number of hydrogen-bond acceptors (Lipinski definition) is 1. The van der Waals surface area contributed by atoms with Crippen LogP contribution in [0.5, 0.6) is 0 Å². The van der Waals surface area contributed by atoms with Crippen molar-refractivity contribution in [3.63, 3.8) is 0 Å². The smallest absolute Gasteiger partial charge is 0.246 e. The number of para-hydroxylation sites is 1. The number of benzene rings is 1. The zero-order valence-electron chi connectivity index (χ0n) is 7.87. The largest absolute Gasteiger partial charge is 0.297 e. The Morgan fingerprint density at radius 1 is 1.40 bits per heavy atom. The average molecular weight is 311 g/mol. The molecular weight excluding hydrogens is 301 g/mol. The minimum atomic E-state index is -0.594. The number of hydrogen-bond donors (Lipinski definition) is 0. The third-order valence-corrected chi connectivity index (χ3v) is 3.46. The van der Waals surface area contributed by atoms with E-state index in [1.165, 1.54) is 4.90 Å². The first kappa shape index (κ1) is 12.8. The Morgan fingerprint density at radius 2 is 2.00 bits per heavy atom. The summed E-state index contributed by atoms with van der Waals surface area (Å²) in [5, 5.41) is -0.183. The van der Waals surface area contributed by atoms with Crippen molar-refractivity contribution in [3.05, 3.63) is 30.3 Å². The molecule has 0 bridgehead atoms. The van der Waals surface area contributed by atoms with Crippen molar-refractivity contribution in [1.82, 2.24) is 0 Å². The van der Waals surface area contributed by atoms with Gasteiger partial charge in [-0.1, -0.05) is 34.1 Å². The molecule has 0 N–H and O–H groups in total. The summed E-state index contributed by atoms with van der Waals surface area (Å²) in [6.07, 6.45) is 0. The maximum Gasteiger partial charge on any atom is 0.246 e. The number of nitrogens with zero attached hydrogens (tertiary/aromatic N) is 1. The summed E-state index contributed by atoms with van der Waals surface area (Å²) >= 11 is 14.7. The van der Waals surface area contributed by atoms with Crippen LogP contribution in [0.4, 0.5) is 5.69 Å². The van der Waals surface area contributed by atoms with Crippen molar-refractivity contribution in [1.29, 1.82) is 0 Å².